The summed E-state index contributed by atoms with van der Waals surface area (Å²) in [5, 5.41) is 0. The molecule has 3 rings (SSSR count). The third kappa shape index (κ3) is 4.04. The maximum atomic E-state index is 12.6. The Labute approximate surface area is 142 Å². The molecule has 0 N–H and O–H groups in total. The van der Waals surface area contributed by atoms with E-state index in [1.807, 2.05) is 12.1 Å². The Morgan fingerprint density at radius 1 is 1.04 bits per heavy atom. The third-order valence-electron chi connectivity index (χ3n) is 3.92. The molecule has 2 aromatic carbocycles. The summed E-state index contributed by atoms with van der Waals surface area (Å²) in [5.74, 6) is 1.13. The summed E-state index contributed by atoms with van der Waals surface area (Å²) >= 11 is 0. The minimum Gasteiger partial charge on any atom is -0.454 e. The van der Waals surface area contributed by atoms with Crippen molar-refractivity contribution >= 4 is 5.91 Å². The smallest absolute Gasteiger partial charge is 0.416 e. The molecular weight excluding hydrogens is 335 g/mol. The number of amides is 1. The molecule has 0 saturated heterocycles. The van der Waals surface area contributed by atoms with Crippen molar-refractivity contribution in [2.45, 2.75) is 19.1 Å². The average Bonchev–Trinajstić information content (AvgIpc) is 3.02. The van der Waals surface area contributed by atoms with E-state index in [-0.39, 0.29) is 19.1 Å². The molecule has 1 heterocycles. The van der Waals surface area contributed by atoms with E-state index in [0.29, 0.717) is 23.6 Å². The highest BCUT2D eigenvalue weighted by Crippen LogP contribution is 2.33. The van der Waals surface area contributed by atoms with E-state index in [4.69, 9.17) is 9.47 Å². The van der Waals surface area contributed by atoms with Gasteiger partial charge in [0.05, 0.1) is 12.0 Å². The van der Waals surface area contributed by atoms with Gasteiger partial charge >= 0.3 is 6.18 Å². The molecule has 4 nitrogen and oxygen atoms in total. The Balaban J connectivity index is 1.61. The van der Waals surface area contributed by atoms with E-state index >= 15 is 0 Å². The van der Waals surface area contributed by atoms with Crippen LogP contribution in [0.15, 0.2) is 42.5 Å². The van der Waals surface area contributed by atoms with Gasteiger partial charge in [-0.1, -0.05) is 18.2 Å². The standard InChI is InChI=1S/C18H16F3NO3/c1-22(10-13-4-7-15-16(8-13)25-11-24-15)17(23)9-12-2-5-14(6-3-12)18(19,20)21/h2-8H,9-11H2,1H3. The molecular formula is C18H16F3NO3. The van der Waals surface area contributed by atoms with Gasteiger partial charge in [0.2, 0.25) is 12.7 Å². The summed E-state index contributed by atoms with van der Waals surface area (Å²) in [6.45, 7) is 0.553. The second-order valence-corrected chi connectivity index (χ2v) is 5.81. The Bertz CT molecular complexity index is 772. The number of fused-ring (bicyclic) bond motifs is 1. The largest absolute Gasteiger partial charge is 0.454 e. The highest BCUT2D eigenvalue weighted by atomic mass is 19.4. The molecule has 132 valence electrons. The van der Waals surface area contributed by atoms with Gasteiger partial charge in [-0.25, -0.2) is 0 Å². The van der Waals surface area contributed by atoms with Gasteiger partial charge in [-0.2, -0.15) is 13.2 Å². The van der Waals surface area contributed by atoms with Crippen LogP contribution in [-0.4, -0.2) is 24.6 Å². The lowest BCUT2D eigenvalue weighted by Gasteiger charge is -2.18. The highest BCUT2D eigenvalue weighted by molar-refractivity contribution is 5.78. The number of halogens is 3. The van der Waals surface area contributed by atoms with E-state index in [1.165, 1.54) is 17.0 Å². The number of carbonyl (C=O) groups is 1. The second-order valence-electron chi connectivity index (χ2n) is 5.81. The molecule has 1 amide bonds. The zero-order valence-electron chi connectivity index (χ0n) is 13.5. The van der Waals surface area contributed by atoms with Crippen molar-refractivity contribution in [2.75, 3.05) is 13.8 Å². The number of likely N-dealkylation sites (N-methyl/N-ethyl adjacent to an activating group) is 1. The van der Waals surface area contributed by atoms with Gasteiger partial charge in [0.1, 0.15) is 0 Å². The summed E-state index contributed by atoms with van der Waals surface area (Å²) < 4.78 is 48.2. The third-order valence-corrected chi connectivity index (χ3v) is 3.92. The van der Waals surface area contributed by atoms with Crippen molar-refractivity contribution in [3.63, 3.8) is 0 Å². The zero-order chi connectivity index (χ0) is 18.0. The predicted molar refractivity (Wildman–Crippen MR) is 84.2 cm³/mol. The van der Waals surface area contributed by atoms with Crippen LogP contribution in [0.2, 0.25) is 0 Å². The van der Waals surface area contributed by atoms with Crippen molar-refractivity contribution in [3.05, 3.63) is 59.2 Å². The normalized spacial score (nSPS) is 13.0. The topological polar surface area (TPSA) is 38.8 Å². The molecule has 0 spiro atoms. The van der Waals surface area contributed by atoms with Gasteiger partial charge in [0.15, 0.2) is 11.5 Å². The van der Waals surface area contributed by atoms with Crippen molar-refractivity contribution in [1.82, 2.24) is 4.90 Å². The summed E-state index contributed by atoms with van der Waals surface area (Å²) in [4.78, 5) is 13.8. The van der Waals surface area contributed by atoms with E-state index in [1.54, 1.807) is 13.1 Å². The fraction of sp³-hybridized carbons (Fsp3) is 0.278. The lowest BCUT2D eigenvalue weighted by Crippen LogP contribution is -2.27. The molecule has 0 aromatic heterocycles. The fourth-order valence-corrected chi connectivity index (χ4v) is 2.52. The Kier molecular flexibility index (Phi) is 4.57. The first-order valence-corrected chi connectivity index (χ1v) is 7.61. The molecule has 1 aliphatic heterocycles. The molecule has 0 fully saturated rings. The van der Waals surface area contributed by atoms with Crippen LogP contribution in [0.25, 0.3) is 0 Å². The van der Waals surface area contributed by atoms with E-state index in [0.717, 1.165) is 17.7 Å². The van der Waals surface area contributed by atoms with Crippen LogP contribution in [0.4, 0.5) is 13.2 Å². The maximum Gasteiger partial charge on any atom is 0.416 e. The number of alkyl halides is 3. The second kappa shape index (κ2) is 6.66. The summed E-state index contributed by atoms with van der Waals surface area (Å²) in [6, 6.07) is 10.1. The number of hydrogen-bond donors (Lipinski definition) is 0. The van der Waals surface area contributed by atoms with Crippen LogP contribution in [0.1, 0.15) is 16.7 Å². The van der Waals surface area contributed by atoms with Crippen LogP contribution in [-0.2, 0) is 23.9 Å². The van der Waals surface area contributed by atoms with Gasteiger partial charge in [-0.05, 0) is 35.4 Å². The van der Waals surface area contributed by atoms with Gasteiger partial charge in [-0.3, -0.25) is 4.79 Å². The van der Waals surface area contributed by atoms with Crippen LogP contribution >= 0.6 is 0 Å². The molecule has 0 atom stereocenters. The van der Waals surface area contributed by atoms with Crippen molar-refractivity contribution in [1.29, 1.82) is 0 Å². The van der Waals surface area contributed by atoms with Gasteiger partial charge < -0.3 is 14.4 Å². The Morgan fingerprint density at radius 2 is 1.68 bits per heavy atom. The Hall–Kier alpha value is -2.70. The first-order chi connectivity index (χ1) is 11.8. The van der Waals surface area contributed by atoms with Gasteiger partial charge in [0, 0.05) is 13.6 Å². The number of hydrogen-bond acceptors (Lipinski definition) is 3. The first kappa shape index (κ1) is 17.1. The zero-order valence-corrected chi connectivity index (χ0v) is 13.5. The number of ether oxygens (including phenoxy) is 2. The molecule has 0 saturated carbocycles. The van der Waals surface area contributed by atoms with Crippen LogP contribution < -0.4 is 9.47 Å². The highest BCUT2D eigenvalue weighted by Gasteiger charge is 2.30. The monoisotopic (exact) mass is 351 g/mol. The minimum absolute atomic E-state index is 0.0409. The number of carbonyl (C=O) groups excluding carboxylic acids is 1. The average molecular weight is 351 g/mol. The van der Waals surface area contributed by atoms with E-state index in [9.17, 15) is 18.0 Å². The Morgan fingerprint density at radius 3 is 2.36 bits per heavy atom. The maximum absolute atomic E-state index is 12.6. The number of benzene rings is 2. The molecule has 2 aromatic rings. The predicted octanol–water partition coefficient (Wildman–Crippen LogP) is 3.64. The van der Waals surface area contributed by atoms with Crippen LogP contribution in [0.3, 0.4) is 0 Å². The lowest BCUT2D eigenvalue weighted by molar-refractivity contribution is -0.137. The van der Waals surface area contributed by atoms with Gasteiger partial charge in [-0.15, -0.1) is 0 Å². The minimum atomic E-state index is -4.38. The molecule has 1 aliphatic rings. The first-order valence-electron chi connectivity index (χ1n) is 7.61. The molecule has 0 bridgehead atoms. The fourth-order valence-electron chi connectivity index (χ4n) is 2.52. The van der Waals surface area contributed by atoms with E-state index in [2.05, 4.69) is 0 Å². The molecule has 0 aliphatic carbocycles. The number of rotatable bonds is 4. The summed E-state index contributed by atoms with van der Waals surface area (Å²) in [5.41, 5.74) is 0.695. The summed E-state index contributed by atoms with van der Waals surface area (Å²) in [7, 11) is 1.65. The molecule has 0 unspecified atom stereocenters. The SMILES string of the molecule is CN(Cc1ccc2c(c1)OCO2)C(=O)Cc1ccc(C(F)(F)F)cc1. The number of nitrogens with zero attached hydrogens (tertiary/aromatic N) is 1. The summed E-state index contributed by atoms with van der Waals surface area (Å²) in [6.07, 6.45) is -4.34. The van der Waals surface area contributed by atoms with Gasteiger partial charge in [0.25, 0.3) is 0 Å². The molecule has 25 heavy (non-hydrogen) atoms. The lowest BCUT2D eigenvalue weighted by atomic mass is 10.1. The van der Waals surface area contributed by atoms with E-state index < -0.39 is 11.7 Å². The van der Waals surface area contributed by atoms with Crippen LogP contribution in [0.5, 0.6) is 11.5 Å². The van der Waals surface area contributed by atoms with Crippen molar-refractivity contribution < 1.29 is 27.4 Å². The van der Waals surface area contributed by atoms with Crippen molar-refractivity contribution in [2.24, 2.45) is 0 Å². The quantitative estimate of drug-likeness (QED) is 0.844. The van der Waals surface area contributed by atoms with Crippen molar-refractivity contribution in [3.8, 4) is 11.5 Å². The molecule has 0 radical (unpaired) electrons. The molecule has 7 heteroatoms. The van der Waals surface area contributed by atoms with Crippen LogP contribution in [0, 0.1) is 0 Å².